The second kappa shape index (κ2) is 10.0. The highest BCUT2D eigenvalue weighted by molar-refractivity contribution is 9.10. The number of hydrogen-bond donors (Lipinski definition) is 0. The molecule has 0 heterocycles. The van der Waals surface area contributed by atoms with Gasteiger partial charge in [0.1, 0.15) is 11.6 Å². The zero-order valence-corrected chi connectivity index (χ0v) is 19.4. The van der Waals surface area contributed by atoms with Gasteiger partial charge in [0.2, 0.25) is 0 Å². The monoisotopic (exact) mass is 534 g/mol. The molecule has 0 bridgehead atoms. The standard InChI is InChI=1S/C24H18Br2F2O2/c1-29-23-15(5-7-17-13-19(27)9-11-21(17)25)3-4-16(24(23)30-2)6-8-18-14-20(28)10-12-22(18)26/h3-14H,1-2H3/b7-5-,8-6-. The van der Waals surface area contributed by atoms with Crippen molar-refractivity contribution in [1.29, 1.82) is 0 Å². The van der Waals surface area contributed by atoms with Gasteiger partial charge in [-0.15, -0.1) is 0 Å². The molecule has 3 aromatic rings. The summed E-state index contributed by atoms with van der Waals surface area (Å²) >= 11 is 6.84. The van der Waals surface area contributed by atoms with Crippen molar-refractivity contribution >= 4 is 56.2 Å². The van der Waals surface area contributed by atoms with Crippen molar-refractivity contribution in [2.75, 3.05) is 14.2 Å². The molecule has 0 fully saturated rings. The fourth-order valence-electron chi connectivity index (χ4n) is 2.92. The van der Waals surface area contributed by atoms with E-state index in [1.54, 1.807) is 38.5 Å². The molecule has 0 radical (unpaired) electrons. The molecule has 0 amide bonds. The van der Waals surface area contributed by atoms with Crippen molar-refractivity contribution in [2.45, 2.75) is 0 Å². The molecule has 0 saturated carbocycles. The molecule has 154 valence electrons. The lowest BCUT2D eigenvalue weighted by Gasteiger charge is -2.13. The summed E-state index contributed by atoms with van der Waals surface area (Å²) in [5.74, 6) is 0.459. The average Bonchev–Trinajstić information content (AvgIpc) is 2.74. The Morgan fingerprint density at radius 3 is 1.33 bits per heavy atom. The predicted octanol–water partition coefficient (Wildman–Crippen LogP) is 7.85. The maximum atomic E-state index is 13.5. The van der Waals surface area contributed by atoms with Crippen molar-refractivity contribution in [2.24, 2.45) is 0 Å². The van der Waals surface area contributed by atoms with Crippen LogP contribution in [0.25, 0.3) is 24.3 Å². The Bertz CT molecular complexity index is 1040. The second-order valence-electron chi connectivity index (χ2n) is 6.31. The summed E-state index contributed by atoms with van der Waals surface area (Å²) in [5.41, 5.74) is 2.95. The van der Waals surface area contributed by atoms with E-state index in [0.717, 1.165) is 20.1 Å². The SMILES string of the molecule is COc1c(/C=C\c2cc(F)ccc2Br)ccc(/C=C\c2cc(F)ccc2Br)c1OC. The number of hydrogen-bond acceptors (Lipinski definition) is 2. The molecule has 0 spiro atoms. The summed E-state index contributed by atoms with van der Waals surface area (Å²) in [6, 6.07) is 12.7. The fourth-order valence-corrected chi connectivity index (χ4v) is 3.68. The van der Waals surface area contributed by atoms with E-state index in [1.165, 1.54) is 24.3 Å². The highest BCUT2D eigenvalue weighted by Gasteiger charge is 2.12. The van der Waals surface area contributed by atoms with Crippen LogP contribution in [-0.4, -0.2) is 14.2 Å². The van der Waals surface area contributed by atoms with Crippen LogP contribution in [0.5, 0.6) is 11.5 Å². The van der Waals surface area contributed by atoms with Crippen molar-refractivity contribution < 1.29 is 18.3 Å². The van der Waals surface area contributed by atoms with Gasteiger partial charge in [-0.1, -0.05) is 68.3 Å². The Morgan fingerprint density at radius 1 is 0.600 bits per heavy atom. The lowest BCUT2D eigenvalue weighted by Crippen LogP contribution is -1.95. The molecule has 3 rings (SSSR count). The molecule has 0 N–H and O–H groups in total. The third-order valence-electron chi connectivity index (χ3n) is 4.38. The number of methoxy groups -OCH3 is 2. The van der Waals surface area contributed by atoms with Gasteiger partial charge in [-0.25, -0.2) is 8.78 Å². The minimum Gasteiger partial charge on any atom is -0.492 e. The zero-order chi connectivity index (χ0) is 21.7. The first-order valence-electron chi connectivity index (χ1n) is 8.94. The number of benzene rings is 3. The summed E-state index contributed by atoms with van der Waals surface area (Å²) in [6.45, 7) is 0. The fraction of sp³-hybridized carbons (Fsp3) is 0.0833. The van der Waals surface area contributed by atoms with Crippen molar-refractivity contribution in [3.05, 3.63) is 91.4 Å². The maximum absolute atomic E-state index is 13.5. The maximum Gasteiger partial charge on any atom is 0.168 e. The summed E-state index contributed by atoms with van der Waals surface area (Å²) in [4.78, 5) is 0. The summed E-state index contributed by atoms with van der Waals surface area (Å²) in [6.07, 6.45) is 7.25. The normalized spacial score (nSPS) is 11.4. The second-order valence-corrected chi connectivity index (χ2v) is 8.02. The molecule has 0 saturated heterocycles. The smallest absolute Gasteiger partial charge is 0.168 e. The van der Waals surface area contributed by atoms with Gasteiger partial charge in [0.25, 0.3) is 0 Å². The summed E-state index contributed by atoms with van der Waals surface area (Å²) in [5, 5.41) is 0. The van der Waals surface area contributed by atoms with E-state index in [9.17, 15) is 8.78 Å². The Morgan fingerprint density at radius 2 is 0.967 bits per heavy atom. The molecule has 2 nitrogen and oxygen atoms in total. The van der Waals surface area contributed by atoms with E-state index in [-0.39, 0.29) is 11.6 Å². The molecule has 30 heavy (non-hydrogen) atoms. The third-order valence-corrected chi connectivity index (χ3v) is 5.83. The summed E-state index contributed by atoms with van der Waals surface area (Å²) < 4.78 is 39.8. The molecular weight excluding hydrogens is 518 g/mol. The van der Waals surface area contributed by atoms with E-state index in [1.807, 2.05) is 24.3 Å². The lowest BCUT2D eigenvalue weighted by molar-refractivity contribution is 0.354. The molecular formula is C24H18Br2F2O2. The van der Waals surface area contributed by atoms with E-state index in [0.29, 0.717) is 22.6 Å². The number of halogens is 4. The predicted molar refractivity (Wildman–Crippen MR) is 126 cm³/mol. The number of rotatable bonds is 6. The van der Waals surface area contributed by atoms with Crippen LogP contribution in [-0.2, 0) is 0 Å². The van der Waals surface area contributed by atoms with Crippen molar-refractivity contribution in [3.63, 3.8) is 0 Å². The quantitative estimate of drug-likeness (QED) is 0.299. The highest BCUT2D eigenvalue weighted by Crippen LogP contribution is 2.37. The first-order chi connectivity index (χ1) is 14.4. The van der Waals surface area contributed by atoms with Gasteiger partial charge in [-0.05, 0) is 47.5 Å². The van der Waals surface area contributed by atoms with Gasteiger partial charge in [0.15, 0.2) is 11.5 Å². The average molecular weight is 536 g/mol. The highest BCUT2D eigenvalue weighted by atomic mass is 79.9. The van der Waals surface area contributed by atoms with Gasteiger partial charge in [-0.2, -0.15) is 0 Å². The van der Waals surface area contributed by atoms with Crippen LogP contribution in [0, 0.1) is 11.6 Å². The van der Waals surface area contributed by atoms with Gasteiger partial charge >= 0.3 is 0 Å². The Balaban J connectivity index is 1.98. The zero-order valence-electron chi connectivity index (χ0n) is 16.3. The Kier molecular flexibility index (Phi) is 7.45. The van der Waals surface area contributed by atoms with Gasteiger partial charge < -0.3 is 9.47 Å². The van der Waals surface area contributed by atoms with Crippen molar-refractivity contribution in [1.82, 2.24) is 0 Å². The van der Waals surface area contributed by atoms with Crippen LogP contribution in [0.4, 0.5) is 8.78 Å². The molecule has 0 aliphatic carbocycles. The largest absolute Gasteiger partial charge is 0.492 e. The Hall–Kier alpha value is -2.44. The van der Waals surface area contributed by atoms with E-state index in [4.69, 9.17) is 9.47 Å². The molecule has 0 aromatic heterocycles. The van der Waals surface area contributed by atoms with Gasteiger partial charge in [0, 0.05) is 20.1 Å². The van der Waals surface area contributed by atoms with Crippen LogP contribution < -0.4 is 9.47 Å². The minimum atomic E-state index is -0.314. The first kappa shape index (κ1) is 22.2. The molecule has 3 aromatic carbocycles. The first-order valence-corrected chi connectivity index (χ1v) is 10.5. The molecule has 6 heteroatoms. The van der Waals surface area contributed by atoms with E-state index < -0.39 is 0 Å². The number of ether oxygens (including phenoxy) is 2. The van der Waals surface area contributed by atoms with Crippen LogP contribution in [0.1, 0.15) is 22.3 Å². The molecule has 0 aliphatic heterocycles. The molecule has 0 aliphatic rings. The van der Waals surface area contributed by atoms with Crippen LogP contribution in [0.3, 0.4) is 0 Å². The van der Waals surface area contributed by atoms with Crippen molar-refractivity contribution in [3.8, 4) is 11.5 Å². The Labute approximate surface area is 191 Å². The topological polar surface area (TPSA) is 18.5 Å². The van der Waals surface area contributed by atoms with Crippen LogP contribution in [0.15, 0.2) is 57.5 Å². The minimum absolute atomic E-state index is 0.314. The van der Waals surface area contributed by atoms with E-state index >= 15 is 0 Å². The third kappa shape index (κ3) is 5.18. The summed E-state index contributed by atoms with van der Waals surface area (Å²) in [7, 11) is 3.12. The lowest BCUT2D eigenvalue weighted by atomic mass is 10.0. The van der Waals surface area contributed by atoms with Gasteiger partial charge in [0.05, 0.1) is 14.2 Å². The van der Waals surface area contributed by atoms with E-state index in [2.05, 4.69) is 31.9 Å². The van der Waals surface area contributed by atoms with Crippen LogP contribution >= 0.6 is 31.9 Å². The molecule has 0 atom stereocenters. The van der Waals surface area contributed by atoms with Gasteiger partial charge in [-0.3, -0.25) is 0 Å². The molecule has 0 unspecified atom stereocenters. The van der Waals surface area contributed by atoms with Crippen LogP contribution in [0.2, 0.25) is 0 Å².